The standard InChI is InChI=1S/C5H5N4S/c6-4(10)9-5-7-2-1-3-8-5/h1-3,6H,(H,7,8,9,10). The molecule has 0 aliphatic carbocycles. The Balaban J connectivity index is 2.67. The molecule has 0 unspecified atom stereocenters. The Morgan fingerprint density at radius 1 is 1.50 bits per heavy atom. The van der Waals surface area contributed by atoms with Crippen LogP contribution in [0.1, 0.15) is 0 Å². The number of aromatic nitrogens is 2. The van der Waals surface area contributed by atoms with E-state index in [2.05, 4.69) is 27.5 Å². The highest BCUT2D eigenvalue weighted by Gasteiger charge is 1.91. The van der Waals surface area contributed by atoms with Gasteiger partial charge in [-0.25, -0.2) is 9.97 Å². The van der Waals surface area contributed by atoms with E-state index in [0.717, 1.165) is 0 Å². The second-order valence-corrected chi connectivity index (χ2v) is 1.93. The molecule has 0 fully saturated rings. The van der Waals surface area contributed by atoms with Gasteiger partial charge in [-0.2, -0.15) is 0 Å². The Labute approximate surface area is 63.5 Å². The van der Waals surface area contributed by atoms with Crippen LogP contribution in [0.15, 0.2) is 18.5 Å². The van der Waals surface area contributed by atoms with Crippen molar-refractivity contribution in [3.63, 3.8) is 0 Å². The first kappa shape index (κ1) is 6.88. The van der Waals surface area contributed by atoms with Crippen LogP contribution in [0.25, 0.3) is 0 Å². The first-order valence-electron chi connectivity index (χ1n) is 2.58. The fourth-order valence-corrected chi connectivity index (χ4v) is 0.556. The van der Waals surface area contributed by atoms with Crippen LogP contribution >= 0.6 is 12.2 Å². The first-order chi connectivity index (χ1) is 4.79. The summed E-state index contributed by atoms with van der Waals surface area (Å²) >= 11 is 4.45. The van der Waals surface area contributed by atoms with Crippen LogP contribution in [0.4, 0.5) is 5.95 Å². The summed E-state index contributed by atoms with van der Waals surface area (Å²) in [6, 6.07) is 1.69. The second-order valence-electron chi connectivity index (χ2n) is 1.53. The van der Waals surface area contributed by atoms with E-state index >= 15 is 0 Å². The molecule has 1 radical (unpaired) electrons. The van der Waals surface area contributed by atoms with Gasteiger partial charge in [0, 0.05) is 12.4 Å². The summed E-state index contributed by atoms with van der Waals surface area (Å²) in [6.07, 6.45) is 3.15. The number of hydrogen-bond acceptors (Lipinski definition) is 3. The average Bonchev–Trinajstić information content (AvgIpc) is 1.88. The van der Waals surface area contributed by atoms with Crippen molar-refractivity contribution in [2.45, 2.75) is 0 Å². The summed E-state index contributed by atoms with van der Waals surface area (Å²) < 4.78 is 0. The van der Waals surface area contributed by atoms with Gasteiger partial charge >= 0.3 is 0 Å². The average molecular weight is 153 g/mol. The van der Waals surface area contributed by atoms with Crippen molar-refractivity contribution >= 4 is 23.3 Å². The van der Waals surface area contributed by atoms with Gasteiger partial charge < -0.3 is 0 Å². The number of anilines is 1. The maximum absolute atomic E-state index is 6.86. The van der Waals surface area contributed by atoms with Gasteiger partial charge in [-0.3, -0.25) is 11.1 Å². The molecular weight excluding hydrogens is 148 g/mol. The summed E-state index contributed by atoms with van der Waals surface area (Å²) in [6.45, 7) is 0. The van der Waals surface area contributed by atoms with Crippen LogP contribution < -0.4 is 11.1 Å². The molecule has 0 bridgehead atoms. The first-order valence-corrected chi connectivity index (χ1v) is 2.99. The molecule has 0 aromatic carbocycles. The van der Waals surface area contributed by atoms with Gasteiger partial charge in [-0.1, -0.05) is 0 Å². The van der Waals surface area contributed by atoms with Gasteiger partial charge in [0.25, 0.3) is 0 Å². The van der Waals surface area contributed by atoms with E-state index in [9.17, 15) is 0 Å². The Bertz CT molecular complexity index is 222. The fourth-order valence-electron chi connectivity index (χ4n) is 0.465. The molecule has 4 nitrogen and oxygen atoms in total. The van der Waals surface area contributed by atoms with Gasteiger partial charge in [-0.15, -0.1) is 0 Å². The summed E-state index contributed by atoms with van der Waals surface area (Å²) in [4.78, 5) is 7.58. The smallest absolute Gasteiger partial charge is 0.228 e. The zero-order valence-electron chi connectivity index (χ0n) is 5.03. The van der Waals surface area contributed by atoms with E-state index in [1.54, 1.807) is 18.5 Å². The maximum atomic E-state index is 6.86. The lowest BCUT2D eigenvalue weighted by Crippen LogP contribution is -2.11. The number of rotatable bonds is 1. The highest BCUT2D eigenvalue weighted by atomic mass is 32.1. The third-order valence-electron chi connectivity index (χ3n) is 0.791. The molecule has 0 saturated carbocycles. The van der Waals surface area contributed by atoms with Crippen LogP contribution in [0.5, 0.6) is 0 Å². The molecule has 0 saturated heterocycles. The molecule has 0 aliphatic rings. The normalized spacial score (nSPS) is 8.80. The Kier molecular flexibility index (Phi) is 2.11. The highest BCUT2D eigenvalue weighted by Crippen LogP contribution is 1.91. The Morgan fingerprint density at radius 2 is 2.10 bits per heavy atom. The highest BCUT2D eigenvalue weighted by molar-refractivity contribution is 7.80. The lowest BCUT2D eigenvalue weighted by molar-refractivity contribution is 1.17. The topological polar surface area (TPSA) is 61.6 Å². The van der Waals surface area contributed by atoms with Crippen molar-refractivity contribution in [3.8, 4) is 0 Å². The Hall–Kier alpha value is -1.23. The number of thiocarbonyl (C=S) groups is 1. The molecule has 1 aromatic rings. The lowest BCUT2D eigenvalue weighted by atomic mass is 10.7. The largest absolute Gasteiger partial charge is 0.300 e. The van der Waals surface area contributed by atoms with Crippen molar-refractivity contribution in [2.75, 3.05) is 5.32 Å². The minimum absolute atomic E-state index is 0.0776. The van der Waals surface area contributed by atoms with Gasteiger partial charge in [0.05, 0.1) is 0 Å². The van der Waals surface area contributed by atoms with Crippen LogP contribution in [0.2, 0.25) is 0 Å². The van der Waals surface area contributed by atoms with Gasteiger partial charge in [0.1, 0.15) is 0 Å². The molecule has 1 heterocycles. The monoisotopic (exact) mass is 153 g/mol. The zero-order valence-corrected chi connectivity index (χ0v) is 5.85. The molecule has 0 aliphatic heterocycles. The predicted octanol–water partition coefficient (Wildman–Crippen LogP) is 0.456. The number of hydrogen-bond donors (Lipinski definition) is 1. The van der Waals surface area contributed by atoms with E-state index < -0.39 is 0 Å². The summed E-state index contributed by atoms with van der Waals surface area (Å²) in [5.41, 5.74) is 6.86. The quantitative estimate of drug-likeness (QED) is 0.595. The molecule has 0 atom stereocenters. The third kappa shape index (κ3) is 1.94. The summed E-state index contributed by atoms with van der Waals surface area (Å²) in [5, 5.41) is 2.40. The molecular formula is C5H5N4S. The fraction of sp³-hybridized carbons (Fsp3) is 0. The van der Waals surface area contributed by atoms with Crippen LogP contribution in [0.3, 0.4) is 0 Å². The van der Waals surface area contributed by atoms with E-state index in [4.69, 9.17) is 5.73 Å². The maximum Gasteiger partial charge on any atom is 0.228 e. The minimum atomic E-state index is -0.0776. The summed E-state index contributed by atoms with van der Waals surface area (Å²) in [7, 11) is 0. The second kappa shape index (κ2) is 3.07. The SMILES string of the molecule is [NH]C(=S)Nc1ncccn1. The summed E-state index contributed by atoms with van der Waals surface area (Å²) in [5.74, 6) is 0.363. The van der Waals surface area contributed by atoms with Crippen molar-refractivity contribution in [1.82, 2.24) is 15.7 Å². The molecule has 5 heteroatoms. The molecule has 1 aromatic heterocycles. The lowest BCUT2D eigenvalue weighted by Gasteiger charge is -1.96. The van der Waals surface area contributed by atoms with Gasteiger partial charge in [0.2, 0.25) is 5.95 Å². The van der Waals surface area contributed by atoms with Crippen LogP contribution in [-0.4, -0.2) is 15.1 Å². The van der Waals surface area contributed by atoms with Crippen molar-refractivity contribution in [2.24, 2.45) is 0 Å². The van der Waals surface area contributed by atoms with E-state index in [1.165, 1.54) is 0 Å². The Morgan fingerprint density at radius 3 is 2.60 bits per heavy atom. The molecule has 0 amide bonds. The van der Waals surface area contributed by atoms with Crippen molar-refractivity contribution in [3.05, 3.63) is 18.5 Å². The van der Waals surface area contributed by atoms with Crippen LogP contribution in [-0.2, 0) is 0 Å². The van der Waals surface area contributed by atoms with Gasteiger partial charge in [0.15, 0.2) is 5.11 Å². The molecule has 0 spiro atoms. The molecule has 2 N–H and O–H groups in total. The van der Waals surface area contributed by atoms with Crippen molar-refractivity contribution < 1.29 is 0 Å². The number of nitrogens with zero attached hydrogens (tertiary/aromatic N) is 2. The van der Waals surface area contributed by atoms with Crippen LogP contribution in [0, 0.1) is 0 Å². The molecule has 10 heavy (non-hydrogen) atoms. The third-order valence-corrected chi connectivity index (χ3v) is 0.893. The van der Waals surface area contributed by atoms with Gasteiger partial charge in [-0.05, 0) is 18.3 Å². The molecule has 1 rings (SSSR count). The number of nitrogens with one attached hydrogen (secondary N) is 2. The molecule has 51 valence electrons. The van der Waals surface area contributed by atoms with E-state index in [1.807, 2.05) is 0 Å². The van der Waals surface area contributed by atoms with E-state index in [-0.39, 0.29) is 5.11 Å². The van der Waals surface area contributed by atoms with Crippen molar-refractivity contribution in [1.29, 1.82) is 0 Å². The zero-order chi connectivity index (χ0) is 7.40. The predicted molar refractivity (Wildman–Crippen MR) is 41.3 cm³/mol. The minimum Gasteiger partial charge on any atom is -0.300 e. The van der Waals surface area contributed by atoms with E-state index in [0.29, 0.717) is 5.95 Å².